The highest BCUT2D eigenvalue weighted by atomic mass is 19.1. The number of benzene rings is 2. The average molecular weight is 386 g/mol. The molecule has 0 aromatic heterocycles. The quantitative estimate of drug-likeness (QED) is 0.708. The number of hydrogen-bond donors (Lipinski definition) is 1. The molecule has 6 nitrogen and oxygen atoms in total. The summed E-state index contributed by atoms with van der Waals surface area (Å²) in [5.74, 6) is 0.0743. The molecule has 1 N–H and O–H groups in total. The summed E-state index contributed by atoms with van der Waals surface area (Å²) >= 11 is 0. The molecule has 3 rings (SSSR count). The number of nitrogens with zero attached hydrogens (tertiary/aromatic N) is 1. The van der Waals surface area contributed by atoms with Crippen LogP contribution in [0.5, 0.6) is 11.5 Å². The minimum Gasteiger partial charge on any atom is -0.497 e. The molecule has 0 unspecified atom stereocenters. The van der Waals surface area contributed by atoms with Gasteiger partial charge in [-0.25, -0.2) is 9.18 Å². The van der Waals surface area contributed by atoms with Crippen LogP contribution in [0.15, 0.2) is 48.5 Å². The topological polar surface area (TPSA) is 67.9 Å². The maximum Gasteiger partial charge on any atom is 0.325 e. The molecule has 1 heterocycles. The van der Waals surface area contributed by atoms with Crippen molar-refractivity contribution in [2.75, 3.05) is 20.3 Å². The van der Waals surface area contributed by atoms with Crippen LogP contribution in [0.4, 0.5) is 9.18 Å². The maximum atomic E-state index is 13.6. The van der Waals surface area contributed by atoms with Gasteiger partial charge in [-0.1, -0.05) is 24.3 Å². The molecule has 3 amide bonds. The molecule has 0 bridgehead atoms. The lowest BCUT2D eigenvalue weighted by atomic mass is 9.93. The number of urea groups is 1. The Morgan fingerprint density at radius 1 is 1.11 bits per heavy atom. The van der Waals surface area contributed by atoms with E-state index in [1.165, 1.54) is 12.1 Å². The Morgan fingerprint density at radius 3 is 2.50 bits per heavy atom. The predicted octanol–water partition coefficient (Wildman–Crippen LogP) is 3.16. The van der Waals surface area contributed by atoms with Gasteiger partial charge in [-0.15, -0.1) is 0 Å². The Morgan fingerprint density at radius 2 is 1.82 bits per heavy atom. The molecule has 148 valence electrons. The predicted molar refractivity (Wildman–Crippen MR) is 102 cm³/mol. The third-order valence-corrected chi connectivity index (χ3v) is 4.83. The van der Waals surface area contributed by atoms with Crippen molar-refractivity contribution in [2.24, 2.45) is 0 Å². The van der Waals surface area contributed by atoms with E-state index in [9.17, 15) is 14.0 Å². The van der Waals surface area contributed by atoms with Crippen LogP contribution in [0.3, 0.4) is 0 Å². The van der Waals surface area contributed by atoms with Crippen LogP contribution in [-0.2, 0) is 11.2 Å². The number of carbonyl (C=O) groups excluding carboxylic acids is 2. The molecule has 28 heavy (non-hydrogen) atoms. The Labute approximate surface area is 163 Å². The molecular weight excluding hydrogens is 363 g/mol. The van der Waals surface area contributed by atoms with Gasteiger partial charge >= 0.3 is 6.03 Å². The maximum absolute atomic E-state index is 13.6. The van der Waals surface area contributed by atoms with Crippen molar-refractivity contribution >= 4 is 11.9 Å². The van der Waals surface area contributed by atoms with Crippen LogP contribution >= 0.6 is 0 Å². The SMILES string of the molecule is COc1ccc(CC[C@]2(C)NC(=O)N(CCOc3ccccc3F)C2=O)cc1. The van der Waals surface area contributed by atoms with Crippen molar-refractivity contribution in [3.05, 3.63) is 59.9 Å². The molecule has 1 aliphatic rings. The number of rotatable bonds is 8. The smallest absolute Gasteiger partial charge is 0.325 e. The second kappa shape index (κ2) is 8.29. The number of amides is 3. The highest BCUT2D eigenvalue weighted by molar-refractivity contribution is 6.06. The lowest BCUT2D eigenvalue weighted by molar-refractivity contribution is -0.131. The molecule has 1 atom stereocenters. The summed E-state index contributed by atoms with van der Waals surface area (Å²) in [4.78, 5) is 26.1. The summed E-state index contributed by atoms with van der Waals surface area (Å²) in [7, 11) is 1.60. The Balaban J connectivity index is 1.56. The van der Waals surface area contributed by atoms with Crippen LogP contribution in [0.2, 0.25) is 0 Å². The minimum atomic E-state index is -0.977. The number of ether oxygens (including phenoxy) is 2. The first-order chi connectivity index (χ1) is 13.4. The molecule has 1 fully saturated rings. The number of methoxy groups -OCH3 is 1. The second-order valence-corrected chi connectivity index (χ2v) is 6.85. The molecule has 1 saturated heterocycles. The van der Waals surface area contributed by atoms with Crippen molar-refractivity contribution in [2.45, 2.75) is 25.3 Å². The third kappa shape index (κ3) is 4.24. The molecule has 7 heteroatoms. The summed E-state index contributed by atoms with van der Waals surface area (Å²) in [6.07, 6.45) is 1.10. The molecule has 0 aliphatic carbocycles. The van der Waals surface area contributed by atoms with E-state index in [0.717, 1.165) is 16.2 Å². The first-order valence-electron chi connectivity index (χ1n) is 9.07. The summed E-state index contributed by atoms with van der Waals surface area (Å²) < 4.78 is 24.1. The Kier molecular flexibility index (Phi) is 5.82. The lowest BCUT2D eigenvalue weighted by Crippen LogP contribution is -2.44. The van der Waals surface area contributed by atoms with E-state index in [0.29, 0.717) is 12.8 Å². The van der Waals surface area contributed by atoms with Crippen molar-refractivity contribution in [1.29, 1.82) is 0 Å². The van der Waals surface area contributed by atoms with Crippen LogP contribution in [0.25, 0.3) is 0 Å². The van der Waals surface area contributed by atoms with E-state index in [4.69, 9.17) is 9.47 Å². The van der Waals surface area contributed by atoms with Crippen LogP contribution in [0.1, 0.15) is 18.9 Å². The van der Waals surface area contributed by atoms with Crippen molar-refractivity contribution in [1.82, 2.24) is 10.2 Å². The van der Waals surface area contributed by atoms with Crippen LogP contribution in [-0.4, -0.2) is 42.6 Å². The van der Waals surface area contributed by atoms with Gasteiger partial charge in [0.1, 0.15) is 17.9 Å². The van der Waals surface area contributed by atoms with E-state index in [-0.39, 0.29) is 24.8 Å². The molecular formula is C21H23FN2O4. The first kappa shape index (κ1) is 19.7. The molecule has 2 aromatic carbocycles. The number of nitrogens with one attached hydrogen (secondary N) is 1. The molecule has 0 spiro atoms. The van der Waals surface area contributed by atoms with Gasteiger partial charge in [0.05, 0.1) is 13.7 Å². The van der Waals surface area contributed by atoms with Gasteiger partial charge in [-0.05, 0) is 49.6 Å². The van der Waals surface area contributed by atoms with Crippen LogP contribution < -0.4 is 14.8 Å². The number of halogens is 1. The Bertz CT molecular complexity index is 856. The fourth-order valence-electron chi connectivity index (χ4n) is 3.11. The van der Waals surface area contributed by atoms with Gasteiger partial charge in [0.2, 0.25) is 0 Å². The van der Waals surface area contributed by atoms with Gasteiger partial charge in [-0.2, -0.15) is 0 Å². The van der Waals surface area contributed by atoms with E-state index in [1.807, 2.05) is 24.3 Å². The molecule has 2 aromatic rings. The third-order valence-electron chi connectivity index (χ3n) is 4.83. The van der Waals surface area contributed by atoms with Gasteiger partial charge in [0.15, 0.2) is 11.6 Å². The van der Waals surface area contributed by atoms with E-state index in [1.54, 1.807) is 26.2 Å². The lowest BCUT2D eigenvalue weighted by Gasteiger charge is -2.21. The summed E-state index contributed by atoms with van der Waals surface area (Å²) in [6.45, 7) is 1.79. The molecule has 1 aliphatic heterocycles. The van der Waals surface area contributed by atoms with Gasteiger partial charge in [0.25, 0.3) is 5.91 Å². The van der Waals surface area contributed by atoms with Crippen LogP contribution in [0, 0.1) is 5.82 Å². The number of hydrogen-bond acceptors (Lipinski definition) is 4. The number of carbonyl (C=O) groups is 2. The zero-order chi connectivity index (χ0) is 20.1. The highest BCUT2D eigenvalue weighted by Crippen LogP contribution is 2.24. The standard InChI is InChI=1S/C21H23FN2O4/c1-21(12-11-15-7-9-16(27-2)10-8-15)19(25)24(20(26)23-21)13-14-28-18-6-4-3-5-17(18)22/h3-10H,11-14H2,1-2H3,(H,23,26)/t21-/m0/s1. The zero-order valence-corrected chi connectivity index (χ0v) is 15.9. The number of imide groups is 1. The van der Waals surface area contributed by atoms with E-state index < -0.39 is 17.4 Å². The fourth-order valence-corrected chi connectivity index (χ4v) is 3.11. The van der Waals surface area contributed by atoms with Gasteiger partial charge < -0.3 is 14.8 Å². The van der Waals surface area contributed by atoms with Crippen molar-refractivity contribution in [3.8, 4) is 11.5 Å². The molecule has 0 radical (unpaired) electrons. The number of para-hydroxylation sites is 1. The fraction of sp³-hybridized carbons (Fsp3) is 0.333. The van der Waals surface area contributed by atoms with Crippen molar-refractivity contribution in [3.63, 3.8) is 0 Å². The van der Waals surface area contributed by atoms with Crippen molar-refractivity contribution < 1.29 is 23.5 Å². The molecule has 0 saturated carbocycles. The first-order valence-corrected chi connectivity index (χ1v) is 9.07. The summed E-state index contributed by atoms with van der Waals surface area (Å²) in [5, 5.41) is 2.77. The Hall–Kier alpha value is -3.09. The second-order valence-electron chi connectivity index (χ2n) is 6.85. The average Bonchev–Trinajstić information content (AvgIpc) is 2.91. The zero-order valence-electron chi connectivity index (χ0n) is 15.9. The minimum absolute atomic E-state index is 0.0225. The largest absolute Gasteiger partial charge is 0.497 e. The van der Waals surface area contributed by atoms with E-state index >= 15 is 0 Å². The number of aryl methyl sites for hydroxylation is 1. The van der Waals surface area contributed by atoms with E-state index in [2.05, 4.69) is 5.32 Å². The van der Waals surface area contributed by atoms with Gasteiger partial charge in [0, 0.05) is 0 Å². The normalized spacial score (nSPS) is 18.9. The van der Waals surface area contributed by atoms with Gasteiger partial charge in [-0.3, -0.25) is 9.69 Å². The monoisotopic (exact) mass is 386 g/mol. The highest BCUT2D eigenvalue weighted by Gasteiger charge is 2.47. The summed E-state index contributed by atoms with van der Waals surface area (Å²) in [6, 6.07) is 13.1. The summed E-state index contributed by atoms with van der Waals surface area (Å²) in [5.41, 5.74) is 0.0695.